The fraction of sp³-hybridized carbons (Fsp3) is 0.150. The first kappa shape index (κ1) is 18.1. The van der Waals surface area contributed by atoms with Crippen molar-refractivity contribution in [2.24, 2.45) is 0 Å². The van der Waals surface area contributed by atoms with Gasteiger partial charge < -0.3 is 10.1 Å². The molecule has 0 saturated carbocycles. The largest absolute Gasteiger partial charge is 0.497 e. The lowest BCUT2D eigenvalue weighted by Gasteiger charge is -2.10. The Morgan fingerprint density at radius 3 is 2.46 bits per heavy atom. The number of methoxy groups -OCH3 is 1. The molecule has 1 heterocycles. The Morgan fingerprint density at radius 1 is 1.12 bits per heavy atom. The summed E-state index contributed by atoms with van der Waals surface area (Å²) in [6, 6.07) is 13.2. The van der Waals surface area contributed by atoms with Gasteiger partial charge in [-0.1, -0.05) is 6.07 Å². The topological polar surface area (TPSA) is 64.1 Å². The molecule has 0 aliphatic carbocycles. The first-order valence-corrected chi connectivity index (χ1v) is 8.83. The molecule has 1 amide bonds. The van der Waals surface area contributed by atoms with E-state index in [0.29, 0.717) is 22.8 Å². The van der Waals surface area contributed by atoms with E-state index in [2.05, 4.69) is 31.2 Å². The van der Waals surface area contributed by atoms with Crippen molar-refractivity contribution in [3.8, 4) is 17.1 Å². The average Bonchev–Trinajstić information content (AvgIpc) is 2.64. The molecule has 0 unspecified atom stereocenters. The molecule has 132 valence electrons. The lowest BCUT2D eigenvalue weighted by Crippen LogP contribution is -2.15. The van der Waals surface area contributed by atoms with Crippen molar-refractivity contribution in [1.82, 2.24) is 9.97 Å². The van der Waals surface area contributed by atoms with Crippen LogP contribution in [0.15, 0.2) is 53.1 Å². The predicted octanol–water partition coefficient (Wildman–Crippen LogP) is 4.78. The van der Waals surface area contributed by atoms with Gasteiger partial charge in [0.15, 0.2) is 5.82 Å². The lowest BCUT2D eigenvalue weighted by atomic mass is 10.1. The van der Waals surface area contributed by atoms with Crippen LogP contribution >= 0.6 is 15.9 Å². The number of nitrogens with one attached hydrogen (secondary N) is 1. The number of nitrogens with zero attached hydrogens (tertiary/aromatic N) is 2. The fourth-order valence-corrected chi connectivity index (χ4v) is 3.07. The Balaban J connectivity index is 1.83. The Hall–Kier alpha value is -2.73. The third-order valence-corrected chi connectivity index (χ3v) is 4.60. The molecule has 0 radical (unpaired) electrons. The minimum Gasteiger partial charge on any atom is -0.497 e. The van der Waals surface area contributed by atoms with E-state index in [1.165, 1.54) is 0 Å². The van der Waals surface area contributed by atoms with E-state index < -0.39 is 0 Å². The van der Waals surface area contributed by atoms with E-state index in [4.69, 9.17) is 4.74 Å². The molecule has 1 N–H and O–H groups in total. The average molecular weight is 412 g/mol. The van der Waals surface area contributed by atoms with Crippen molar-refractivity contribution in [3.05, 3.63) is 70.0 Å². The lowest BCUT2D eigenvalue weighted by molar-refractivity contribution is 0.102. The minimum absolute atomic E-state index is 0.242. The second-order valence-electron chi connectivity index (χ2n) is 5.86. The molecule has 5 nitrogen and oxygen atoms in total. The van der Waals surface area contributed by atoms with Crippen molar-refractivity contribution in [1.29, 1.82) is 0 Å². The van der Waals surface area contributed by atoms with Gasteiger partial charge in [0, 0.05) is 16.2 Å². The summed E-state index contributed by atoms with van der Waals surface area (Å²) in [5.41, 5.74) is 3.74. The van der Waals surface area contributed by atoms with E-state index in [0.717, 1.165) is 21.3 Å². The van der Waals surface area contributed by atoms with Gasteiger partial charge in [0.2, 0.25) is 0 Å². The van der Waals surface area contributed by atoms with Gasteiger partial charge in [-0.15, -0.1) is 0 Å². The fourth-order valence-electron chi connectivity index (χ4n) is 2.48. The SMILES string of the molecule is COc1ccc(-c2ncc(C(=O)Nc3ccc(C)cc3Br)c(C)n2)cc1. The summed E-state index contributed by atoms with van der Waals surface area (Å²) < 4.78 is 5.99. The molecule has 0 atom stereocenters. The van der Waals surface area contributed by atoms with Gasteiger partial charge >= 0.3 is 0 Å². The van der Waals surface area contributed by atoms with E-state index in [9.17, 15) is 4.79 Å². The van der Waals surface area contributed by atoms with Crippen LogP contribution in [0.2, 0.25) is 0 Å². The zero-order valence-electron chi connectivity index (χ0n) is 14.7. The number of amides is 1. The van der Waals surface area contributed by atoms with E-state index >= 15 is 0 Å². The molecule has 3 rings (SSSR count). The number of rotatable bonds is 4. The molecule has 0 saturated heterocycles. The normalized spacial score (nSPS) is 10.5. The zero-order valence-corrected chi connectivity index (χ0v) is 16.3. The third kappa shape index (κ3) is 3.91. The highest BCUT2D eigenvalue weighted by Gasteiger charge is 2.14. The number of anilines is 1. The summed E-state index contributed by atoms with van der Waals surface area (Å²) >= 11 is 3.46. The second kappa shape index (κ2) is 7.66. The molecule has 26 heavy (non-hydrogen) atoms. The number of carbonyl (C=O) groups excluding carboxylic acids is 1. The van der Waals surface area contributed by atoms with Crippen molar-refractivity contribution >= 4 is 27.5 Å². The van der Waals surface area contributed by atoms with E-state index in [1.807, 2.05) is 49.4 Å². The van der Waals surface area contributed by atoms with Crippen LogP contribution in [0.1, 0.15) is 21.6 Å². The molecule has 0 bridgehead atoms. The maximum atomic E-state index is 12.6. The van der Waals surface area contributed by atoms with Gasteiger partial charge in [-0.3, -0.25) is 4.79 Å². The Bertz CT molecular complexity index is 956. The molecular formula is C20H18BrN3O2. The van der Waals surface area contributed by atoms with E-state index in [-0.39, 0.29) is 5.91 Å². The smallest absolute Gasteiger partial charge is 0.259 e. The summed E-state index contributed by atoms with van der Waals surface area (Å²) in [6.07, 6.45) is 1.55. The number of carbonyl (C=O) groups is 1. The number of aryl methyl sites for hydroxylation is 2. The Labute approximate surface area is 160 Å². The van der Waals surface area contributed by atoms with Gasteiger partial charge in [0.05, 0.1) is 24.1 Å². The monoisotopic (exact) mass is 411 g/mol. The highest BCUT2D eigenvalue weighted by Crippen LogP contribution is 2.25. The van der Waals surface area contributed by atoms with Crippen LogP contribution in [0.3, 0.4) is 0 Å². The first-order chi connectivity index (χ1) is 12.5. The summed E-state index contributed by atoms with van der Waals surface area (Å²) in [5, 5.41) is 2.89. The van der Waals surface area contributed by atoms with Crippen LogP contribution in [0, 0.1) is 13.8 Å². The summed E-state index contributed by atoms with van der Waals surface area (Å²) in [6.45, 7) is 3.79. The molecule has 2 aromatic carbocycles. The molecule has 0 spiro atoms. The van der Waals surface area contributed by atoms with Crippen LogP contribution < -0.4 is 10.1 Å². The standard InChI is InChI=1S/C20H18BrN3O2/c1-12-4-9-18(17(21)10-12)24-20(25)16-11-22-19(23-13(16)2)14-5-7-15(26-3)8-6-14/h4-11H,1-3H3,(H,24,25). The molecule has 3 aromatic rings. The van der Waals surface area contributed by atoms with Crippen molar-refractivity contribution in [3.63, 3.8) is 0 Å². The van der Waals surface area contributed by atoms with Gasteiger partial charge in [0.25, 0.3) is 5.91 Å². The highest BCUT2D eigenvalue weighted by atomic mass is 79.9. The number of benzene rings is 2. The second-order valence-corrected chi connectivity index (χ2v) is 6.71. The zero-order chi connectivity index (χ0) is 18.7. The number of hydrogen-bond donors (Lipinski definition) is 1. The van der Waals surface area contributed by atoms with Gasteiger partial charge in [-0.25, -0.2) is 9.97 Å². The van der Waals surface area contributed by atoms with Crippen LogP contribution in [0.5, 0.6) is 5.75 Å². The van der Waals surface area contributed by atoms with Crippen molar-refractivity contribution in [2.75, 3.05) is 12.4 Å². The predicted molar refractivity (Wildman–Crippen MR) is 106 cm³/mol. The summed E-state index contributed by atoms with van der Waals surface area (Å²) in [4.78, 5) is 21.4. The number of aromatic nitrogens is 2. The van der Waals surface area contributed by atoms with Crippen molar-refractivity contribution < 1.29 is 9.53 Å². The molecule has 0 aliphatic heterocycles. The third-order valence-electron chi connectivity index (χ3n) is 3.94. The van der Waals surface area contributed by atoms with Gasteiger partial charge in [0.1, 0.15) is 5.75 Å². The molecule has 0 aliphatic rings. The van der Waals surface area contributed by atoms with Crippen molar-refractivity contribution in [2.45, 2.75) is 13.8 Å². The van der Waals surface area contributed by atoms with Crippen LogP contribution in [-0.4, -0.2) is 23.0 Å². The number of ether oxygens (including phenoxy) is 1. The number of halogens is 1. The van der Waals surface area contributed by atoms with Crippen LogP contribution in [0.4, 0.5) is 5.69 Å². The maximum absolute atomic E-state index is 12.6. The Morgan fingerprint density at radius 2 is 1.85 bits per heavy atom. The van der Waals surface area contributed by atoms with Gasteiger partial charge in [-0.05, 0) is 71.7 Å². The molecule has 0 fully saturated rings. The molecule has 6 heteroatoms. The summed E-state index contributed by atoms with van der Waals surface area (Å²) in [7, 11) is 1.62. The van der Waals surface area contributed by atoms with Gasteiger partial charge in [-0.2, -0.15) is 0 Å². The van der Waals surface area contributed by atoms with Crippen LogP contribution in [0.25, 0.3) is 11.4 Å². The quantitative estimate of drug-likeness (QED) is 0.670. The molecule has 1 aromatic heterocycles. The summed E-state index contributed by atoms with van der Waals surface area (Å²) in [5.74, 6) is 1.09. The highest BCUT2D eigenvalue weighted by molar-refractivity contribution is 9.10. The first-order valence-electron chi connectivity index (χ1n) is 8.03. The molecular weight excluding hydrogens is 394 g/mol. The maximum Gasteiger partial charge on any atom is 0.259 e. The Kier molecular flexibility index (Phi) is 5.32. The van der Waals surface area contributed by atoms with Crippen LogP contribution in [-0.2, 0) is 0 Å². The van der Waals surface area contributed by atoms with E-state index in [1.54, 1.807) is 20.2 Å². The minimum atomic E-state index is -0.242. The number of hydrogen-bond acceptors (Lipinski definition) is 4.